The van der Waals surface area contributed by atoms with Gasteiger partial charge >= 0.3 is 0 Å². The zero-order chi connectivity index (χ0) is 23.1. The highest BCUT2D eigenvalue weighted by Gasteiger charge is 2.39. The van der Waals surface area contributed by atoms with Crippen LogP contribution in [-0.2, 0) is 0 Å². The van der Waals surface area contributed by atoms with Crippen molar-refractivity contribution in [3.8, 4) is 0 Å². The quantitative estimate of drug-likeness (QED) is 0.417. The SMILES string of the molecule is CCNc1nc(SN2C(=O)c3ccccc3C2=O)nc(SN2C(=O)c3ccccc3C2=O)n1. The van der Waals surface area contributed by atoms with Crippen molar-refractivity contribution in [2.24, 2.45) is 0 Å². The molecule has 2 aromatic carbocycles. The van der Waals surface area contributed by atoms with Gasteiger partial charge in [0.1, 0.15) is 0 Å². The largest absolute Gasteiger partial charge is 0.354 e. The average molecular weight is 479 g/mol. The third-order valence-electron chi connectivity index (χ3n) is 4.79. The highest BCUT2D eigenvalue weighted by Crippen LogP contribution is 2.34. The van der Waals surface area contributed by atoms with E-state index in [2.05, 4.69) is 20.3 Å². The molecular formula is C21H14N6O4S2. The number of hydrogen-bond acceptors (Lipinski definition) is 10. The highest BCUT2D eigenvalue weighted by molar-refractivity contribution is 7.98. The number of hydrogen-bond donors (Lipinski definition) is 1. The van der Waals surface area contributed by atoms with Crippen LogP contribution in [0, 0.1) is 0 Å². The molecule has 0 unspecified atom stereocenters. The first kappa shape index (κ1) is 21.1. The number of nitrogens with one attached hydrogen (secondary N) is 1. The Labute approximate surface area is 196 Å². The van der Waals surface area contributed by atoms with E-state index in [0.717, 1.165) is 32.5 Å². The first-order valence-electron chi connectivity index (χ1n) is 9.79. The summed E-state index contributed by atoms with van der Waals surface area (Å²) >= 11 is 1.51. The summed E-state index contributed by atoms with van der Waals surface area (Å²) in [5, 5.41) is 3.08. The monoisotopic (exact) mass is 478 g/mol. The Hall–Kier alpha value is -3.77. The average Bonchev–Trinajstić information content (AvgIpc) is 3.20. The van der Waals surface area contributed by atoms with Crippen LogP contribution < -0.4 is 5.32 Å². The summed E-state index contributed by atoms with van der Waals surface area (Å²) in [7, 11) is 0. The highest BCUT2D eigenvalue weighted by atomic mass is 32.2. The van der Waals surface area contributed by atoms with Crippen molar-refractivity contribution in [1.29, 1.82) is 0 Å². The standard InChI is InChI=1S/C21H14N6O4S2/c1-2-22-19-23-20(32-26-15(28)11-7-3-4-8-12(11)16(26)29)25-21(24-19)33-27-17(30)13-9-5-6-10-14(13)18(27)31/h3-10H,2H2,1H3,(H,22,23,24,25). The molecular weight excluding hydrogens is 464 g/mol. The fraction of sp³-hybridized carbons (Fsp3) is 0.0952. The molecule has 1 aromatic heterocycles. The van der Waals surface area contributed by atoms with Crippen molar-refractivity contribution < 1.29 is 19.2 Å². The van der Waals surface area contributed by atoms with E-state index in [0.29, 0.717) is 28.8 Å². The van der Waals surface area contributed by atoms with Crippen LogP contribution in [0.5, 0.6) is 0 Å². The molecule has 0 radical (unpaired) electrons. The van der Waals surface area contributed by atoms with Gasteiger partial charge in [0.2, 0.25) is 16.3 Å². The number of rotatable bonds is 6. The molecule has 4 amide bonds. The Morgan fingerprint density at radius 3 is 1.36 bits per heavy atom. The number of nitrogens with zero attached hydrogens (tertiary/aromatic N) is 5. The third-order valence-corrected chi connectivity index (χ3v) is 6.51. The predicted molar refractivity (Wildman–Crippen MR) is 120 cm³/mol. The number of carbonyl (C=O) groups excluding carboxylic acids is 4. The van der Waals surface area contributed by atoms with Gasteiger partial charge in [0, 0.05) is 30.4 Å². The molecule has 10 nitrogen and oxygen atoms in total. The zero-order valence-corrected chi connectivity index (χ0v) is 18.6. The second kappa shape index (κ2) is 8.30. The molecule has 0 saturated heterocycles. The maximum atomic E-state index is 12.7. The van der Waals surface area contributed by atoms with Crippen LogP contribution in [0.3, 0.4) is 0 Å². The topological polar surface area (TPSA) is 125 Å². The summed E-state index contributed by atoms with van der Waals surface area (Å²) < 4.78 is 1.96. The maximum absolute atomic E-state index is 12.7. The van der Waals surface area contributed by atoms with Gasteiger partial charge in [-0.3, -0.25) is 19.2 Å². The molecule has 33 heavy (non-hydrogen) atoms. The molecule has 2 aliphatic rings. The van der Waals surface area contributed by atoms with E-state index in [4.69, 9.17) is 0 Å². The van der Waals surface area contributed by atoms with Gasteiger partial charge < -0.3 is 5.32 Å². The normalized spacial score (nSPS) is 14.7. The summed E-state index contributed by atoms with van der Waals surface area (Å²) in [6.45, 7) is 2.34. The first-order chi connectivity index (χ1) is 16.0. The molecule has 0 atom stereocenters. The lowest BCUT2D eigenvalue weighted by Crippen LogP contribution is -2.24. The van der Waals surface area contributed by atoms with Crippen molar-refractivity contribution in [3.05, 3.63) is 70.8 Å². The molecule has 12 heteroatoms. The van der Waals surface area contributed by atoms with Crippen molar-refractivity contribution in [2.75, 3.05) is 11.9 Å². The number of aromatic nitrogens is 3. The second-order valence-corrected chi connectivity index (χ2v) is 8.66. The van der Waals surface area contributed by atoms with E-state index in [1.807, 2.05) is 6.92 Å². The molecule has 0 bridgehead atoms. The predicted octanol–water partition coefficient (Wildman–Crippen LogP) is 2.91. The van der Waals surface area contributed by atoms with Crippen LogP contribution in [0.4, 0.5) is 5.95 Å². The molecule has 5 rings (SSSR count). The molecule has 0 aliphatic carbocycles. The number of fused-ring (bicyclic) bond motifs is 2. The smallest absolute Gasteiger partial charge is 0.272 e. The van der Waals surface area contributed by atoms with Crippen molar-refractivity contribution >= 4 is 53.5 Å². The fourth-order valence-corrected chi connectivity index (χ4v) is 4.94. The molecule has 3 aromatic rings. The van der Waals surface area contributed by atoms with E-state index in [1.54, 1.807) is 48.5 Å². The second-order valence-electron chi connectivity index (χ2n) is 6.84. The third kappa shape index (κ3) is 3.62. The first-order valence-corrected chi connectivity index (χ1v) is 11.3. The van der Waals surface area contributed by atoms with Crippen LogP contribution in [0.1, 0.15) is 48.4 Å². The number of benzene rings is 2. The van der Waals surface area contributed by atoms with Gasteiger partial charge in [-0.05, 0) is 31.2 Å². The van der Waals surface area contributed by atoms with Gasteiger partial charge in [-0.2, -0.15) is 15.0 Å². The summed E-state index contributed by atoms with van der Waals surface area (Å²) in [6.07, 6.45) is 0. The molecule has 164 valence electrons. The Bertz CT molecular complexity index is 1180. The maximum Gasteiger partial charge on any atom is 0.272 e. The number of imide groups is 2. The summed E-state index contributed by atoms with van der Waals surface area (Å²) in [6, 6.07) is 13.0. The summed E-state index contributed by atoms with van der Waals surface area (Å²) in [5.41, 5.74) is 1.21. The Morgan fingerprint density at radius 2 is 1.03 bits per heavy atom. The number of amides is 4. The minimum atomic E-state index is -0.472. The molecule has 0 saturated carbocycles. The van der Waals surface area contributed by atoms with E-state index in [1.165, 1.54) is 0 Å². The van der Waals surface area contributed by atoms with E-state index >= 15 is 0 Å². The van der Waals surface area contributed by atoms with Crippen molar-refractivity contribution in [2.45, 2.75) is 17.2 Å². The van der Waals surface area contributed by atoms with Gasteiger partial charge in [-0.15, -0.1) is 0 Å². The van der Waals surface area contributed by atoms with Crippen molar-refractivity contribution in [1.82, 2.24) is 23.6 Å². The number of carbonyl (C=O) groups is 4. The Morgan fingerprint density at radius 1 is 0.667 bits per heavy atom. The minimum Gasteiger partial charge on any atom is -0.354 e. The fourth-order valence-electron chi connectivity index (χ4n) is 3.32. The molecule has 2 aliphatic heterocycles. The van der Waals surface area contributed by atoms with Gasteiger partial charge in [-0.25, -0.2) is 8.61 Å². The van der Waals surface area contributed by atoms with Crippen LogP contribution >= 0.6 is 23.9 Å². The van der Waals surface area contributed by atoms with Gasteiger partial charge in [0.05, 0.1) is 22.3 Å². The molecule has 1 N–H and O–H groups in total. The van der Waals surface area contributed by atoms with Crippen LogP contribution in [-0.4, -0.2) is 53.7 Å². The van der Waals surface area contributed by atoms with Gasteiger partial charge in [-0.1, -0.05) is 24.3 Å². The molecule has 0 spiro atoms. The van der Waals surface area contributed by atoms with E-state index in [9.17, 15) is 19.2 Å². The Kier molecular flexibility index (Phi) is 5.30. The van der Waals surface area contributed by atoms with Crippen LogP contribution in [0.2, 0.25) is 0 Å². The summed E-state index contributed by atoms with van der Waals surface area (Å²) in [4.78, 5) is 63.6. The van der Waals surface area contributed by atoms with E-state index in [-0.39, 0.29) is 16.3 Å². The van der Waals surface area contributed by atoms with Crippen LogP contribution in [0.25, 0.3) is 0 Å². The van der Waals surface area contributed by atoms with E-state index < -0.39 is 23.6 Å². The van der Waals surface area contributed by atoms with Gasteiger partial charge in [0.15, 0.2) is 0 Å². The summed E-state index contributed by atoms with van der Waals surface area (Å²) in [5.74, 6) is -1.70. The zero-order valence-electron chi connectivity index (χ0n) is 17.0. The van der Waals surface area contributed by atoms with Gasteiger partial charge in [0.25, 0.3) is 23.6 Å². The Balaban J connectivity index is 1.43. The van der Waals surface area contributed by atoms with Crippen LogP contribution in [0.15, 0.2) is 58.8 Å². The molecule has 3 heterocycles. The lowest BCUT2D eigenvalue weighted by Gasteiger charge is -2.14. The molecule has 0 fully saturated rings. The minimum absolute atomic E-state index is 0.0644. The van der Waals surface area contributed by atoms with Crippen molar-refractivity contribution in [3.63, 3.8) is 0 Å². The lowest BCUT2D eigenvalue weighted by atomic mass is 10.1. The number of anilines is 1. The lowest BCUT2D eigenvalue weighted by molar-refractivity contribution is 0.0760.